The number of hydrogen-bond acceptors (Lipinski definition) is 4. The number of hydrogen-bond donors (Lipinski definition) is 2. The molecule has 0 aromatic heterocycles. The molecule has 2 aromatic rings. The summed E-state index contributed by atoms with van der Waals surface area (Å²) in [6.45, 7) is 1.45. The van der Waals surface area contributed by atoms with Gasteiger partial charge in [0.25, 0.3) is 0 Å². The molecule has 1 unspecified atom stereocenters. The maximum absolute atomic E-state index is 13.1. The van der Waals surface area contributed by atoms with Gasteiger partial charge in [0.1, 0.15) is 11.9 Å². The van der Waals surface area contributed by atoms with E-state index in [9.17, 15) is 17.6 Å². The number of halogens is 1. The highest BCUT2D eigenvalue weighted by Crippen LogP contribution is 2.16. The molecule has 0 bridgehead atoms. The van der Waals surface area contributed by atoms with Gasteiger partial charge in [0.05, 0.1) is 28.6 Å². The molecule has 0 saturated carbocycles. The van der Waals surface area contributed by atoms with E-state index in [1.807, 2.05) is 6.07 Å². The highest BCUT2D eigenvalue weighted by Gasteiger charge is 2.22. The fourth-order valence-electron chi connectivity index (χ4n) is 2.12. The summed E-state index contributed by atoms with van der Waals surface area (Å²) >= 11 is 0. The van der Waals surface area contributed by atoms with E-state index < -0.39 is 33.4 Å². The van der Waals surface area contributed by atoms with Crippen LogP contribution in [0.2, 0.25) is 0 Å². The SMILES string of the molecule is CC(CS(=O)(=O)Nc1cccc(F)c1)C(=O)Nc1ccccc1C#N. The van der Waals surface area contributed by atoms with Crippen LogP contribution in [-0.4, -0.2) is 20.1 Å². The van der Waals surface area contributed by atoms with Crippen molar-refractivity contribution in [2.75, 3.05) is 15.8 Å². The van der Waals surface area contributed by atoms with Gasteiger partial charge in [-0.05, 0) is 30.3 Å². The van der Waals surface area contributed by atoms with Crippen LogP contribution in [0.15, 0.2) is 48.5 Å². The van der Waals surface area contributed by atoms with Crippen LogP contribution in [0, 0.1) is 23.1 Å². The Balaban J connectivity index is 2.03. The Hall–Kier alpha value is -2.92. The first-order valence-corrected chi connectivity index (χ1v) is 9.02. The first-order chi connectivity index (χ1) is 11.8. The molecular weight excluding hydrogens is 345 g/mol. The van der Waals surface area contributed by atoms with E-state index in [1.165, 1.54) is 25.1 Å². The zero-order valence-electron chi connectivity index (χ0n) is 13.4. The first-order valence-electron chi connectivity index (χ1n) is 7.37. The van der Waals surface area contributed by atoms with Gasteiger partial charge in [-0.15, -0.1) is 0 Å². The lowest BCUT2D eigenvalue weighted by Gasteiger charge is -2.14. The molecule has 0 saturated heterocycles. The van der Waals surface area contributed by atoms with Crippen molar-refractivity contribution >= 4 is 27.3 Å². The number of carbonyl (C=O) groups is 1. The van der Waals surface area contributed by atoms with Gasteiger partial charge in [0.15, 0.2) is 0 Å². The van der Waals surface area contributed by atoms with Crippen molar-refractivity contribution in [1.29, 1.82) is 5.26 Å². The third-order valence-electron chi connectivity index (χ3n) is 3.32. The minimum absolute atomic E-state index is 0.0856. The van der Waals surface area contributed by atoms with Crippen molar-refractivity contribution < 1.29 is 17.6 Å². The number of nitrogens with one attached hydrogen (secondary N) is 2. The molecule has 0 spiro atoms. The number of benzene rings is 2. The lowest BCUT2D eigenvalue weighted by molar-refractivity contribution is -0.118. The fraction of sp³-hybridized carbons (Fsp3) is 0.176. The third-order valence-corrected chi connectivity index (χ3v) is 4.81. The van der Waals surface area contributed by atoms with E-state index in [2.05, 4.69) is 10.0 Å². The number of nitriles is 1. The molecule has 130 valence electrons. The van der Waals surface area contributed by atoms with E-state index in [4.69, 9.17) is 5.26 Å². The number of nitrogens with zero attached hydrogens (tertiary/aromatic N) is 1. The maximum atomic E-state index is 13.1. The summed E-state index contributed by atoms with van der Waals surface area (Å²) in [5.41, 5.74) is 0.684. The maximum Gasteiger partial charge on any atom is 0.233 e. The molecule has 0 heterocycles. The first kappa shape index (κ1) is 18.4. The van der Waals surface area contributed by atoms with Crippen LogP contribution in [0.25, 0.3) is 0 Å². The van der Waals surface area contributed by atoms with Crippen molar-refractivity contribution in [2.45, 2.75) is 6.92 Å². The number of sulfonamides is 1. The Kier molecular flexibility index (Phi) is 5.72. The van der Waals surface area contributed by atoms with Crippen molar-refractivity contribution in [2.24, 2.45) is 5.92 Å². The van der Waals surface area contributed by atoms with Crippen molar-refractivity contribution in [3.05, 3.63) is 59.9 Å². The Morgan fingerprint density at radius 3 is 2.64 bits per heavy atom. The van der Waals surface area contributed by atoms with Gasteiger partial charge in [-0.2, -0.15) is 5.26 Å². The van der Waals surface area contributed by atoms with Crippen LogP contribution in [0.3, 0.4) is 0 Å². The van der Waals surface area contributed by atoms with Crippen LogP contribution < -0.4 is 10.0 Å². The average molecular weight is 361 g/mol. The summed E-state index contributed by atoms with van der Waals surface area (Å²) < 4.78 is 39.6. The predicted molar refractivity (Wildman–Crippen MR) is 92.8 cm³/mol. The van der Waals surface area contributed by atoms with E-state index in [0.717, 1.165) is 6.07 Å². The summed E-state index contributed by atoms with van der Waals surface area (Å²) in [5.74, 6) is -2.46. The summed E-state index contributed by atoms with van der Waals surface area (Å²) in [6.07, 6.45) is 0. The van der Waals surface area contributed by atoms with Gasteiger partial charge in [-0.25, -0.2) is 12.8 Å². The smallest absolute Gasteiger partial charge is 0.233 e. The van der Waals surface area contributed by atoms with Gasteiger partial charge in [-0.1, -0.05) is 25.1 Å². The fourth-order valence-corrected chi connectivity index (χ4v) is 3.50. The Morgan fingerprint density at radius 2 is 1.96 bits per heavy atom. The van der Waals surface area contributed by atoms with Crippen molar-refractivity contribution in [3.8, 4) is 6.07 Å². The number of carbonyl (C=O) groups excluding carboxylic acids is 1. The standard InChI is InChI=1S/C17H16FN3O3S/c1-12(17(22)20-16-8-3-2-5-13(16)10-19)11-25(23,24)21-15-7-4-6-14(18)9-15/h2-9,12,21H,11H2,1H3,(H,20,22). The van der Waals surface area contributed by atoms with E-state index in [0.29, 0.717) is 5.69 Å². The normalized spacial score (nSPS) is 12.0. The second kappa shape index (κ2) is 7.77. The topological polar surface area (TPSA) is 99.1 Å². The average Bonchev–Trinajstić information content (AvgIpc) is 2.54. The molecule has 2 aromatic carbocycles. The van der Waals surface area contributed by atoms with Crippen LogP contribution in [0.5, 0.6) is 0 Å². The quantitative estimate of drug-likeness (QED) is 0.826. The molecule has 8 heteroatoms. The molecule has 0 aliphatic rings. The van der Waals surface area contributed by atoms with E-state index in [-0.39, 0.29) is 11.3 Å². The zero-order chi connectivity index (χ0) is 18.4. The van der Waals surface area contributed by atoms with Gasteiger partial charge in [-0.3, -0.25) is 9.52 Å². The summed E-state index contributed by atoms with van der Waals surface area (Å²) in [6, 6.07) is 13.4. The second-order valence-electron chi connectivity index (χ2n) is 5.44. The minimum Gasteiger partial charge on any atom is -0.325 e. The number of para-hydroxylation sites is 1. The van der Waals surface area contributed by atoms with Crippen LogP contribution in [0.4, 0.5) is 15.8 Å². The van der Waals surface area contributed by atoms with Gasteiger partial charge in [0.2, 0.25) is 15.9 Å². The zero-order valence-corrected chi connectivity index (χ0v) is 14.2. The Labute approximate surface area is 145 Å². The minimum atomic E-state index is -3.85. The molecule has 25 heavy (non-hydrogen) atoms. The van der Waals surface area contributed by atoms with E-state index >= 15 is 0 Å². The molecule has 0 radical (unpaired) electrons. The van der Waals surface area contributed by atoms with E-state index in [1.54, 1.807) is 24.3 Å². The molecule has 2 N–H and O–H groups in total. The van der Waals surface area contributed by atoms with Crippen LogP contribution in [-0.2, 0) is 14.8 Å². The van der Waals surface area contributed by atoms with Crippen LogP contribution in [0.1, 0.15) is 12.5 Å². The molecule has 0 fully saturated rings. The molecular formula is C17H16FN3O3S. The Bertz CT molecular complexity index is 923. The summed E-state index contributed by atoms with van der Waals surface area (Å²) in [7, 11) is -3.85. The molecule has 1 amide bonds. The van der Waals surface area contributed by atoms with Crippen LogP contribution >= 0.6 is 0 Å². The molecule has 2 rings (SSSR count). The van der Waals surface area contributed by atoms with Gasteiger partial charge < -0.3 is 5.32 Å². The van der Waals surface area contributed by atoms with Crippen molar-refractivity contribution in [1.82, 2.24) is 0 Å². The molecule has 0 aliphatic heterocycles. The summed E-state index contributed by atoms with van der Waals surface area (Å²) in [4.78, 5) is 12.2. The molecule has 0 aliphatic carbocycles. The third kappa shape index (κ3) is 5.29. The summed E-state index contributed by atoms with van der Waals surface area (Å²) in [5, 5.41) is 11.5. The van der Waals surface area contributed by atoms with Crippen molar-refractivity contribution in [3.63, 3.8) is 0 Å². The molecule has 6 nitrogen and oxygen atoms in total. The number of anilines is 2. The lowest BCUT2D eigenvalue weighted by atomic mass is 10.1. The molecule has 1 atom stereocenters. The highest BCUT2D eigenvalue weighted by molar-refractivity contribution is 7.92. The van der Waals surface area contributed by atoms with Gasteiger partial charge in [0, 0.05) is 0 Å². The van der Waals surface area contributed by atoms with Gasteiger partial charge >= 0.3 is 0 Å². The number of amides is 1. The monoisotopic (exact) mass is 361 g/mol. The largest absolute Gasteiger partial charge is 0.325 e. The Morgan fingerprint density at radius 1 is 1.24 bits per heavy atom. The second-order valence-corrected chi connectivity index (χ2v) is 7.21. The highest BCUT2D eigenvalue weighted by atomic mass is 32.2. The lowest BCUT2D eigenvalue weighted by Crippen LogP contribution is -2.30. The number of rotatable bonds is 6. The predicted octanol–water partition coefficient (Wildman–Crippen LogP) is 2.71.